The van der Waals surface area contributed by atoms with Gasteiger partial charge in [0.15, 0.2) is 0 Å². The van der Waals surface area contributed by atoms with Crippen molar-refractivity contribution < 1.29 is 98.1 Å². The largest absolute Gasteiger partial charge is 0.480 e. The van der Waals surface area contributed by atoms with Crippen molar-refractivity contribution in [3.63, 3.8) is 0 Å². The van der Waals surface area contributed by atoms with E-state index in [9.17, 15) is 98.1 Å². The summed E-state index contributed by atoms with van der Waals surface area (Å²) in [5, 5.41) is 94.8. The quantitative estimate of drug-likeness (QED) is 0.0277. The van der Waals surface area contributed by atoms with Crippen LogP contribution in [0.4, 0.5) is 0 Å². The Labute approximate surface area is 455 Å². The van der Waals surface area contributed by atoms with Crippen molar-refractivity contribution in [3.8, 4) is 0 Å². The zero-order valence-corrected chi connectivity index (χ0v) is 45.5. The van der Waals surface area contributed by atoms with E-state index < -0.39 is 207 Å². The van der Waals surface area contributed by atoms with E-state index in [4.69, 9.17) is 5.73 Å². The average molecular weight is 1140 g/mol. The third-order valence-corrected chi connectivity index (χ3v) is 11.7. The van der Waals surface area contributed by atoms with Crippen LogP contribution in [0.5, 0.6) is 0 Å². The first-order valence-electron chi connectivity index (χ1n) is 25.1. The van der Waals surface area contributed by atoms with Gasteiger partial charge in [0.2, 0.25) is 70.9 Å². The molecule has 0 rings (SSSR count). The van der Waals surface area contributed by atoms with Crippen molar-refractivity contribution in [3.05, 3.63) is 0 Å². The molecule has 0 heterocycles. The maximum Gasteiger partial charge on any atom is 0.328 e. The maximum absolute atomic E-state index is 13.5. The second-order valence-corrected chi connectivity index (χ2v) is 19.1. The van der Waals surface area contributed by atoms with Crippen LogP contribution < -0.4 is 69.5 Å². The summed E-state index contributed by atoms with van der Waals surface area (Å²) in [5.74, 6) is -15.2. The van der Waals surface area contributed by atoms with Crippen molar-refractivity contribution in [1.82, 2.24) is 63.8 Å². The number of carboxylic acids is 1. The molecule has 0 aromatic rings. The molecule has 0 spiro atoms. The van der Waals surface area contributed by atoms with Crippen molar-refractivity contribution in [2.75, 3.05) is 46.1 Å². The van der Waals surface area contributed by atoms with Crippen LogP contribution in [0.3, 0.4) is 0 Å². The van der Waals surface area contributed by atoms with Crippen molar-refractivity contribution in [2.24, 2.45) is 23.5 Å². The number of aliphatic hydroxyl groups excluding tert-OH is 6. The molecule has 0 saturated heterocycles. The first-order valence-corrected chi connectivity index (χ1v) is 25.1. The molecule has 12 amide bonds. The minimum absolute atomic E-state index is 0.0385. The fourth-order valence-corrected chi connectivity index (χ4v) is 6.72. The van der Waals surface area contributed by atoms with Gasteiger partial charge >= 0.3 is 5.97 Å². The fraction of sp³-hybridized carbons (Fsp3) is 0.717. The fourth-order valence-electron chi connectivity index (χ4n) is 6.72. The molecule has 0 aliphatic carbocycles. The van der Waals surface area contributed by atoms with E-state index in [0.717, 1.165) is 13.8 Å². The highest BCUT2D eigenvalue weighted by Gasteiger charge is 2.37. The van der Waals surface area contributed by atoms with Gasteiger partial charge in [-0.3, -0.25) is 57.5 Å². The molecule has 0 unspecified atom stereocenters. The first-order chi connectivity index (χ1) is 36.9. The van der Waals surface area contributed by atoms with Gasteiger partial charge in [0.25, 0.3) is 0 Å². The molecule has 0 saturated carbocycles. The molecular weight excluding hydrogens is 1050 g/mol. The normalized spacial score (nSPS) is 16.1. The molecule has 0 aromatic heterocycles. The minimum Gasteiger partial charge on any atom is -0.480 e. The lowest BCUT2D eigenvalue weighted by Crippen LogP contribution is -2.62. The van der Waals surface area contributed by atoms with Crippen molar-refractivity contribution in [2.45, 2.75) is 148 Å². The molecule has 0 radical (unpaired) electrons. The van der Waals surface area contributed by atoms with E-state index >= 15 is 0 Å². The monoisotopic (exact) mass is 1140 g/mol. The van der Waals surface area contributed by atoms with Gasteiger partial charge in [-0.25, -0.2) is 4.79 Å². The predicted octanol–water partition coefficient (Wildman–Crippen LogP) is -10.4. The van der Waals surface area contributed by atoms with E-state index in [1.165, 1.54) is 20.8 Å². The average Bonchev–Trinajstić information content (AvgIpc) is 3.39. The zero-order valence-electron chi connectivity index (χ0n) is 45.5. The molecular formula is C46H81N13O20. The zero-order chi connectivity index (χ0) is 61.0. The van der Waals surface area contributed by atoms with Crippen molar-refractivity contribution in [1.29, 1.82) is 0 Å². The highest BCUT2D eigenvalue weighted by atomic mass is 16.4. The molecule has 33 heteroatoms. The number of aliphatic hydroxyl groups is 6. The van der Waals surface area contributed by atoms with E-state index in [2.05, 4.69) is 58.5 Å². The number of amides is 12. The SMILES string of the molecule is CC[C@H](C)[C@H](NC(=O)[C@H](CO)NC(=O)CNC(=O)[C@@H](NC(=O)[C@H](C)NC(=O)[C@H](C)NC(=O)[C@H](CO)NC(=O)[C@@H](NC(=O)[C@H](CO)NC(=O)[C@H](CO)NC(=O)CN)[C@@H](C)O)C(C)C)C(=O)N[C@@H](CC(C)C)C(=O)N[C@@H](CO)C(=O)O. The summed E-state index contributed by atoms with van der Waals surface area (Å²) in [6, 6.07) is -17.2. The lowest BCUT2D eigenvalue weighted by Gasteiger charge is -2.29. The van der Waals surface area contributed by atoms with Gasteiger partial charge in [0.05, 0.1) is 52.2 Å². The number of carboxylic acid groups (broad SMARTS) is 1. The molecule has 0 bridgehead atoms. The Morgan fingerprint density at radius 3 is 1.19 bits per heavy atom. The summed E-state index contributed by atoms with van der Waals surface area (Å²) in [6.07, 6.45) is -1.34. The number of carbonyl (C=O) groups is 13. The topological polar surface area (TPSA) is 534 Å². The van der Waals surface area contributed by atoms with Gasteiger partial charge in [-0.1, -0.05) is 48.0 Å². The van der Waals surface area contributed by atoms with Gasteiger partial charge in [0.1, 0.15) is 66.5 Å². The van der Waals surface area contributed by atoms with Crippen LogP contribution in [0.15, 0.2) is 0 Å². The first kappa shape index (κ1) is 71.8. The molecule has 13 atom stereocenters. The van der Waals surface area contributed by atoms with Crippen LogP contribution in [-0.2, 0) is 62.3 Å². The van der Waals surface area contributed by atoms with E-state index in [0.29, 0.717) is 6.42 Å². The molecule has 0 fully saturated rings. The van der Waals surface area contributed by atoms with Crippen LogP contribution in [-0.4, -0.2) is 231 Å². The van der Waals surface area contributed by atoms with Crippen LogP contribution in [0.1, 0.15) is 75.2 Å². The van der Waals surface area contributed by atoms with Gasteiger partial charge in [-0.2, -0.15) is 0 Å². The predicted molar refractivity (Wildman–Crippen MR) is 273 cm³/mol. The van der Waals surface area contributed by atoms with E-state index in [1.807, 2.05) is 5.32 Å². The summed E-state index contributed by atoms with van der Waals surface area (Å²) in [6.45, 7) is 6.90. The van der Waals surface area contributed by atoms with Crippen LogP contribution in [0, 0.1) is 17.8 Å². The summed E-state index contributed by atoms with van der Waals surface area (Å²) < 4.78 is 0. The number of aliphatic carboxylic acids is 1. The highest BCUT2D eigenvalue weighted by Crippen LogP contribution is 2.12. The molecule has 33 nitrogen and oxygen atoms in total. The van der Waals surface area contributed by atoms with Crippen LogP contribution >= 0.6 is 0 Å². The number of carbonyl (C=O) groups excluding carboxylic acids is 12. The Kier molecular flexibility index (Phi) is 32.8. The van der Waals surface area contributed by atoms with E-state index in [1.54, 1.807) is 27.7 Å². The number of hydrogen-bond acceptors (Lipinski definition) is 20. The van der Waals surface area contributed by atoms with Crippen molar-refractivity contribution >= 4 is 76.9 Å². The Balaban J connectivity index is 5.67. The number of nitrogens with one attached hydrogen (secondary N) is 12. The highest BCUT2D eigenvalue weighted by molar-refractivity contribution is 5.99. The second-order valence-electron chi connectivity index (χ2n) is 19.1. The molecule has 21 N–H and O–H groups in total. The van der Waals surface area contributed by atoms with Crippen LogP contribution in [0.25, 0.3) is 0 Å². The van der Waals surface area contributed by atoms with Gasteiger partial charge in [0, 0.05) is 0 Å². The summed E-state index contributed by atoms with van der Waals surface area (Å²) in [5.41, 5.74) is 5.18. The standard InChI is InChI=1S/C46H81N13O20/c1-10-21(6)34(44(76)53-25(11-19(2)3)38(70)56-30(18-64)46(78)79)58-41(73)27(15-61)52-32(67)13-48-43(75)33(20(4)5)57-37(69)23(8)49-36(68)22(7)50-39(71)28(16-62)55-45(77)35(24(9)65)59-42(74)29(17-63)54-40(72)26(14-60)51-31(66)12-47/h19-30,33-35,60-65H,10-18,47H2,1-9H3,(H,48,75)(H,49,68)(H,50,71)(H,51,66)(H,52,67)(H,53,76)(H,54,72)(H,55,77)(H,56,70)(H,57,69)(H,58,73)(H,59,74)(H,78,79)/t21-,22-,23-,24+,25-,26-,27-,28-,29-,30-,33-,34-,35-/m0/s1. The summed E-state index contributed by atoms with van der Waals surface area (Å²) in [7, 11) is 0. The lowest BCUT2D eigenvalue weighted by molar-refractivity contribution is -0.143. The van der Waals surface area contributed by atoms with Gasteiger partial charge in [-0.05, 0) is 44.9 Å². The Morgan fingerprint density at radius 2 is 0.759 bits per heavy atom. The van der Waals surface area contributed by atoms with Crippen LogP contribution in [0.2, 0.25) is 0 Å². The molecule has 0 aliphatic rings. The third-order valence-electron chi connectivity index (χ3n) is 11.7. The van der Waals surface area contributed by atoms with Gasteiger partial charge < -0.3 is 105 Å². The maximum atomic E-state index is 13.5. The van der Waals surface area contributed by atoms with Gasteiger partial charge in [-0.15, -0.1) is 0 Å². The Morgan fingerprint density at radius 1 is 0.405 bits per heavy atom. The lowest BCUT2D eigenvalue weighted by atomic mass is 9.96. The molecule has 0 aliphatic heterocycles. The number of rotatable bonds is 36. The summed E-state index contributed by atoms with van der Waals surface area (Å²) in [4.78, 5) is 167. The van der Waals surface area contributed by atoms with E-state index in [-0.39, 0.29) is 12.3 Å². The number of nitrogens with two attached hydrogens (primary N) is 1. The second kappa shape index (κ2) is 36.1. The minimum atomic E-state index is -1.88. The number of hydrogen-bond donors (Lipinski definition) is 20. The molecule has 79 heavy (non-hydrogen) atoms. The summed E-state index contributed by atoms with van der Waals surface area (Å²) >= 11 is 0. The molecule has 450 valence electrons. The molecule has 0 aromatic carbocycles. The third kappa shape index (κ3) is 25.0. The smallest absolute Gasteiger partial charge is 0.328 e. The Hall–Kier alpha value is -7.17. The Bertz CT molecular complexity index is 2120.